The van der Waals surface area contributed by atoms with Crippen molar-refractivity contribution in [1.29, 1.82) is 0 Å². The van der Waals surface area contributed by atoms with Crippen molar-refractivity contribution in [2.75, 3.05) is 26.7 Å². The van der Waals surface area contributed by atoms with Crippen molar-refractivity contribution in [1.82, 2.24) is 15.1 Å². The second-order valence-corrected chi connectivity index (χ2v) is 8.48. The van der Waals surface area contributed by atoms with Crippen LogP contribution in [0.3, 0.4) is 0 Å². The van der Waals surface area contributed by atoms with Crippen molar-refractivity contribution < 1.29 is 9.53 Å². The third-order valence-corrected chi connectivity index (χ3v) is 6.46. The molecule has 1 aromatic rings. The quantitative estimate of drug-likeness (QED) is 0.796. The summed E-state index contributed by atoms with van der Waals surface area (Å²) in [5.41, 5.74) is 1.16. The van der Waals surface area contributed by atoms with Gasteiger partial charge in [0.1, 0.15) is 5.75 Å². The Labute approximate surface area is 163 Å². The summed E-state index contributed by atoms with van der Waals surface area (Å²) in [7, 11) is 1.68. The van der Waals surface area contributed by atoms with Crippen LogP contribution in [0.2, 0.25) is 0 Å². The lowest BCUT2D eigenvalue weighted by Gasteiger charge is -2.25. The highest BCUT2D eigenvalue weighted by Crippen LogP contribution is 2.30. The number of nitrogens with zero attached hydrogens (tertiary/aromatic N) is 2. The van der Waals surface area contributed by atoms with Crippen molar-refractivity contribution in [2.45, 2.75) is 63.6 Å². The first-order valence-corrected chi connectivity index (χ1v) is 10.6. The Morgan fingerprint density at radius 1 is 1.15 bits per heavy atom. The maximum Gasteiger partial charge on any atom is 0.317 e. The monoisotopic (exact) mass is 371 g/mol. The molecule has 2 saturated carbocycles. The number of likely N-dealkylation sites (tertiary alicyclic amines) is 1. The maximum atomic E-state index is 12.8. The van der Waals surface area contributed by atoms with Crippen molar-refractivity contribution in [3.05, 3.63) is 29.8 Å². The first-order chi connectivity index (χ1) is 13.2. The first kappa shape index (κ1) is 18.6. The van der Waals surface area contributed by atoms with E-state index in [1.54, 1.807) is 7.11 Å². The fraction of sp³-hybridized carbons (Fsp3) is 0.682. The van der Waals surface area contributed by atoms with Crippen molar-refractivity contribution in [3.63, 3.8) is 0 Å². The third kappa shape index (κ3) is 4.75. The number of carbonyl (C=O) groups excluding carboxylic acids is 1. The zero-order valence-electron chi connectivity index (χ0n) is 16.5. The molecule has 0 spiro atoms. The van der Waals surface area contributed by atoms with Crippen LogP contribution in [-0.4, -0.2) is 54.7 Å². The molecule has 1 aliphatic heterocycles. The molecule has 0 bridgehead atoms. The summed E-state index contributed by atoms with van der Waals surface area (Å²) in [4.78, 5) is 17.5. The summed E-state index contributed by atoms with van der Waals surface area (Å²) in [6.07, 6.45) is 9.00. The number of benzene rings is 1. The lowest BCUT2D eigenvalue weighted by Crippen LogP contribution is -2.43. The van der Waals surface area contributed by atoms with Crippen molar-refractivity contribution >= 4 is 6.03 Å². The van der Waals surface area contributed by atoms with Crippen LogP contribution in [0.1, 0.15) is 50.5 Å². The zero-order valence-corrected chi connectivity index (χ0v) is 16.5. The molecule has 2 aliphatic carbocycles. The molecule has 5 heteroatoms. The molecule has 5 nitrogen and oxygen atoms in total. The molecule has 148 valence electrons. The minimum atomic E-state index is 0.104. The normalized spacial score (nSPS) is 23.5. The number of nitrogens with one attached hydrogen (secondary N) is 1. The lowest BCUT2D eigenvalue weighted by molar-refractivity contribution is 0.189. The van der Waals surface area contributed by atoms with Crippen LogP contribution in [-0.2, 0) is 6.54 Å². The zero-order chi connectivity index (χ0) is 18.6. The smallest absolute Gasteiger partial charge is 0.317 e. The topological polar surface area (TPSA) is 44.8 Å². The summed E-state index contributed by atoms with van der Waals surface area (Å²) in [6.45, 7) is 3.86. The highest BCUT2D eigenvalue weighted by molar-refractivity contribution is 5.75. The largest absolute Gasteiger partial charge is 0.497 e. The number of rotatable bonds is 7. The van der Waals surface area contributed by atoms with Gasteiger partial charge in [-0.2, -0.15) is 0 Å². The number of ether oxygens (including phenoxy) is 1. The Kier molecular flexibility index (Phi) is 5.86. The van der Waals surface area contributed by atoms with E-state index in [4.69, 9.17) is 4.74 Å². The molecule has 0 radical (unpaired) electrons. The van der Waals surface area contributed by atoms with E-state index in [-0.39, 0.29) is 6.03 Å². The van der Waals surface area contributed by atoms with E-state index in [0.717, 1.165) is 43.3 Å². The Balaban J connectivity index is 1.26. The van der Waals surface area contributed by atoms with E-state index >= 15 is 0 Å². The Hall–Kier alpha value is -1.75. The molecular formula is C22H33N3O2. The second kappa shape index (κ2) is 8.51. The summed E-state index contributed by atoms with van der Waals surface area (Å²) in [5, 5.41) is 3.24. The number of urea groups is 1. The van der Waals surface area contributed by atoms with Crippen molar-refractivity contribution in [3.8, 4) is 5.75 Å². The van der Waals surface area contributed by atoms with Gasteiger partial charge in [-0.3, -0.25) is 0 Å². The van der Waals surface area contributed by atoms with Gasteiger partial charge < -0.3 is 19.9 Å². The number of carbonyl (C=O) groups is 1. The van der Waals surface area contributed by atoms with Crippen LogP contribution < -0.4 is 10.1 Å². The van der Waals surface area contributed by atoms with Gasteiger partial charge in [-0.25, -0.2) is 4.79 Å². The van der Waals surface area contributed by atoms with Gasteiger partial charge in [0.25, 0.3) is 0 Å². The van der Waals surface area contributed by atoms with Crippen LogP contribution in [0.4, 0.5) is 4.79 Å². The standard InChI is InChI=1S/C22H33N3O2/c1-27-21-10-6-17(7-11-21)16-25(20-8-9-20)22(26)23-14-18-12-13-24(15-18)19-4-2-3-5-19/h6-7,10-11,18-20H,2-5,8-9,12-16H2,1H3,(H,23,26)/t18-/m0/s1. The number of hydrogen-bond donors (Lipinski definition) is 1. The number of amides is 2. The van der Waals surface area contributed by atoms with Crippen molar-refractivity contribution in [2.24, 2.45) is 5.92 Å². The van der Waals surface area contributed by atoms with Crippen LogP contribution in [0.15, 0.2) is 24.3 Å². The van der Waals surface area contributed by atoms with E-state index in [0.29, 0.717) is 18.5 Å². The maximum absolute atomic E-state index is 12.8. The molecule has 2 amide bonds. The molecule has 1 atom stereocenters. The molecule has 1 heterocycles. The molecular weight excluding hydrogens is 338 g/mol. The summed E-state index contributed by atoms with van der Waals surface area (Å²) >= 11 is 0. The van der Waals surface area contributed by atoms with Crippen LogP contribution >= 0.6 is 0 Å². The molecule has 4 rings (SSSR count). The molecule has 1 aromatic carbocycles. The SMILES string of the molecule is COc1ccc(CN(C(=O)NC[C@@H]2CCN(C3CCCC3)C2)C2CC2)cc1. The number of hydrogen-bond acceptors (Lipinski definition) is 3. The predicted molar refractivity (Wildman–Crippen MR) is 107 cm³/mol. The van der Waals surface area contributed by atoms with Gasteiger partial charge in [0.15, 0.2) is 0 Å². The molecule has 3 fully saturated rings. The summed E-state index contributed by atoms with van der Waals surface area (Å²) in [5.74, 6) is 1.46. The minimum absolute atomic E-state index is 0.104. The summed E-state index contributed by atoms with van der Waals surface area (Å²) < 4.78 is 5.23. The molecule has 0 unspecified atom stereocenters. The highest BCUT2D eigenvalue weighted by Gasteiger charge is 2.34. The van der Waals surface area contributed by atoms with E-state index in [1.807, 2.05) is 17.0 Å². The Bertz CT molecular complexity index is 623. The van der Waals surface area contributed by atoms with E-state index in [1.165, 1.54) is 38.6 Å². The first-order valence-electron chi connectivity index (χ1n) is 10.6. The van der Waals surface area contributed by atoms with Crippen LogP contribution in [0, 0.1) is 5.92 Å². The highest BCUT2D eigenvalue weighted by atomic mass is 16.5. The fourth-order valence-corrected chi connectivity index (χ4v) is 4.64. The molecule has 1 N–H and O–H groups in total. The van der Waals surface area contributed by atoms with Crippen LogP contribution in [0.25, 0.3) is 0 Å². The van der Waals surface area contributed by atoms with Gasteiger partial charge in [-0.05, 0) is 62.3 Å². The fourth-order valence-electron chi connectivity index (χ4n) is 4.64. The molecule has 1 saturated heterocycles. The lowest BCUT2D eigenvalue weighted by atomic mass is 10.1. The van der Waals surface area contributed by atoms with Gasteiger partial charge in [0.2, 0.25) is 0 Å². The van der Waals surface area contributed by atoms with E-state index in [2.05, 4.69) is 22.3 Å². The molecule has 3 aliphatic rings. The Morgan fingerprint density at radius 2 is 1.89 bits per heavy atom. The summed E-state index contributed by atoms with van der Waals surface area (Å²) in [6, 6.07) is 9.36. The van der Waals surface area contributed by atoms with Crippen LogP contribution in [0.5, 0.6) is 5.75 Å². The second-order valence-electron chi connectivity index (χ2n) is 8.48. The molecule has 27 heavy (non-hydrogen) atoms. The predicted octanol–water partition coefficient (Wildman–Crippen LogP) is 3.63. The van der Waals surface area contributed by atoms with Gasteiger partial charge in [0, 0.05) is 31.7 Å². The van der Waals surface area contributed by atoms with Gasteiger partial charge in [-0.15, -0.1) is 0 Å². The molecule has 0 aromatic heterocycles. The average Bonchev–Trinajstić information content (AvgIpc) is 3.19. The van der Waals surface area contributed by atoms with Gasteiger partial charge in [0.05, 0.1) is 7.11 Å². The van der Waals surface area contributed by atoms with E-state index in [9.17, 15) is 4.79 Å². The Morgan fingerprint density at radius 3 is 2.56 bits per heavy atom. The van der Waals surface area contributed by atoms with Gasteiger partial charge in [-0.1, -0.05) is 25.0 Å². The average molecular weight is 372 g/mol. The third-order valence-electron chi connectivity index (χ3n) is 6.46. The number of methoxy groups -OCH3 is 1. The van der Waals surface area contributed by atoms with E-state index < -0.39 is 0 Å². The van der Waals surface area contributed by atoms with Gasteiger partial charge >= 0.3 is 6.03 Å². The minimum Gasteiger partial charge on any atom is -0.497 e.